The lowest BCUT2D eigenvalue weighted by Crippen LogP contribution is -2.51. The molecule has 5 nitrogen and oxygen atoms in total. The Kier molecular flexibility index (Phi) is 4.09. The van der Waals surface area contributed by atoms with Crippen LogP contribution in [0.15, 0.2) is 0 Å². The molecule has 1 aliphatic carbocycles. The second-order valence-electron chi connectivity index (χ2n) is 5.62. The van der Waals surface area contributed by atoms with Crippen molar-refractivity contribution in [2.75, 3.05) is 13.1 Å². The summed E-state index contributed by atoms with van der Waals surface area (Å²) in [7, 11) is 0. The van der Waals surface area contributed by atoms with Gasteiger partial charge in [0.15, 0.2) is 0 Å². The van der Waals surface area contributed by atoms with Crippen molar-refractivity contribution in [3.63, 3.8) is 0 Å². The van der Waals surface area contributed by atoms with E-state index < -0.39 is 6.04 Å². The van der Waals surface area contributed by atoms with E-state index in [-0.39, 0.29) is 11.9 Å². The van der Waals surface area contributed by atoms with Gasteiger partial charge in [0.05, 0.1) is 0 Å². The number of nitrogens with one attached hydrogen (secondary N) is 2. The molecule has 1 heterocycles. The van der Waals surface area contributed by atoms with Gasteiger partial charge >= 0.3 is 6.03 Å². The summed E-state index contributed by atoms with van der Waals surface area (Å²) in [6, 6.07) is -0.217. The first kappa shape index (κ1) is 13.2. The van der Waals surface area contributed by atoms with Crippen LogP contribution in [-0.2, 0) is 4.79 Å². The zero-order valence-electron chi connectivity index (χ0n) is 11.2. The lowest BCUT2D eigenvalue weighted by atomic mass is 10.00. The molecule has 1 atom stereocenters. The van der Waals surface area contributed by atoms with Gasteiger partial charge in [-0.05, 0) is 38.5 Å². The van der Waals surface area contributed by atoms with Crippen LogP contribution in [0.1, 0.15) is 39.5 Å². The zero-order valence-corrected chi connectivity index (χ0v) is 11.2. The normalized spacial score (nSPS) is 22.4. The first-order valence-corrected chi connectivity index (χ1v) is 6.92. The minimum atomic E-state index is -0.447. The molecule has 2 N–H and O–H groups in total. The van der Waals surface area contributed by atoms with Crippen LogP contribution in [0.25, 0.3) is 0 Å². The molecule has 18 heavy (non-hydrogen) atoms. The molecule has 5 heteroatoms. The molecule has 1 saturated heterocycles. The summed E-state index contributed by atoms with van der Waals surface area (Å²) in [6.07, 6.45) is 4.24. The molecule has 0 radical (unpaired) electrons. The molecular formula is C13H23N3O2. The quantitative estimate of drug-likeness (QED) is 0.791. The van der Waals surface area contributed by atoms with Gasteiger partial charge in [-0.3, -0.25) is 4.79 Å². The summed E-state index contributed by atoms with van der Waals surface area (Å²) in [4.78, 5) is 25.5. The Balaban J connectivity index is 1.73. The van der Waals surface area contributed by atoms with Crippen LogP contribution in [0.4, 0.5) is 4.79 Å². The average molecular weight is 253 g/mol. The van der Waals surface area contributed by atoms with Gasteiger partial charge in [0, 0.05) is 19.1 Å². The molecule has 2 rings (SSSR count). The number of amides is 3. The van der Waals surface area contributed by atoms with Gasteiger partial charge in [-0.2, -0.15) is 0 Å². The van der Waals surface area contributed by atoms with Gasteiger partial charge in [0.2, 0.25) is 5.91 Å². The summed E-state index contributed by atoms with van der Waals surface area (Å²) in [5, 5.41) is 5.67. The average Bonchev–Trinajstić information content (AvgIpc) is 3.13. The maximum Gasteiger partial charge on any atom is 0.318 e. The molecule has 0 aromatic heterocycles. The molecule has 0 bridgehead atoms. The Morgan fingerprint density at radius 2 is 1.78 bits per heavy atom. The van der Waals surface area contributed by atoms with Crippen LogP contribution in [-0.4, -0.2) is 42.0 Å². The molecule has 2 fully saturated rings. The molecule has 0 aromatic rings. The summed E-state index contributed by atoms with van der Waals surface area (Å²) >= 11 is 0. The van der Waals surface area contributed by atoms with Crippen molar-refractivity contribution in [1.82, 2.24) is 15.5 Å². The lowest BCUT2D eigenvalue weighted by Gasteiger charge is -2.31. The third-order valence-electron chi connectivity index (χ3n) is 3.73. The molecule has 2 aliphatic rings. The number of likely N-dealkylation sites (tertiary alicyclic amines) is 1. The Bertz CT molecular complexity index is 320. The molecule has 0 aromatic carbocycles. The number of carbonyl (C=O) groups excluding carboxylic acids is 2. The fourth-order valence-corrected chi connectivity index (χ4v) is 2.11. The largest absolute Gasteiger partial charge is 0.352 e. The number of hydrogen-bond acceptors (Lipinski definition) is 2. The number of urea groups is 1. The van der Waals surface area contributed by atoms with Gasteiger partial charge < -0.3 is 15.5 Å². The maximum absolute atomic E-state index is 12.0. The summed E-state index contributed by atoms with van der Waals surface area (Å²) in [5.41, 5.74) is 0. The molecule has 3 amide bonds. The van der Waals surface area contributed by atoms with Gasteiger partial charge in [-0.1, -0.05) is 6.92 Å². The van der Waals surface area contributed by atoms with E-state index in [0.717, 1.165) is 38.8 Å². The summed E-state index contributed by atoms with van der Waals surface area (Å²) < 4.78 is 0. The third kappa shape index (κ3) is 3.62. The number of rotatable bonds is 3. The van der Waals surface area contributed by atoms with Gasteiger partial charge in [-0.25, -0.2) is 4.79 Å². The number of piperidine rings is 1. The van der Waals surface area contributed by atoms with Crippen molar-refractivity contribution in [1.29, 1.82) is 0 Å². The first-order chi connectivity index (χ1) is 8.56. The van der Waals surface area contributed by atoms with E-state index in [2.05, 4.69) is 17.6 Å². The first-order valence-electron chi connectivity index (χ1n) is 6.92. The van der Waals surface area contributed by atoms with Crippen molar-refractivity contribution >= 4 is 11.9 Å². The number of carbonyl (C=O) groups is 2. The van der Waals surface area contributed by atoms with E-state index in [1.165, 1.54) is 0 Å². The Labute approximate surface area is 108 Å². The summed E-state index contributed by atoms with van der Waals surface area (Å²) in [5.74, 6) is 0.626. The monoisotopic (exact) mass is 253 g/mol. The van der Waals surface area contributed by atoms with E-state index >= 15 is 0 Å². The molecule has 1 saturated carbocycles. The lowest BCUT2D eigenvalue weighted by molar-refractivity contribution is -0.122. The van der Waals surface area contributed by atoms with Crippen molar-refractivity contribution in [3.8, 4) is 0 Å². The van der Waals surface area contributed by atoms with Crippen LogP contribution >= 0.6 is 0 Å². The predicted octanol–water partition coefficient (Wildman–Crippen LogP) is 1.09. The van der Waals surface area contributed by atoms with Crippen molar-refractivity contribution < 1.29 is 9.59 Å². The fraction of sp³-hybridized carbons (Fsp3) is 0.846. The molecule has 0 spiro atoms. The van der Waals surface area contributed by atoms with E-state index in [1.807, 2.05) is 0 Å². The highest BCUT2D eigenvalue weighted by atomic mass is 16.2. The highest BCUT2D eigenvalue weighted by molar-refractivity contribution is 5.87. The molecule has 1 unspecified atom stereocenters. The van der Waals surface area contributed by atoms with E-state index in [4.69, 9.17) is 0 Å². The molecular weight excluding hydrogens is 230 g/mol. The van der Waals surface area contributed by atoms with E-state index in [1.54, 1.807) is 11.8 Å². The van der Waals surface area contributed by atoms with Crippen molar-refractivity contribution in [2.45, 2.75) is 51.6 Å². The second-order valence-corrected chi connectivity index (χ2v) is 5.62. The second kappa shape index (κ2) is 5.59. The number of hydrogen-bond donors (Lipinski definition) is 2. The van der Waals surface area contributed by atoms with Crippen molar-refractivity contribution in [2.24, 2.45) is 5.92 Å². The highest BCUT2D eigenvalue weighted by Crippen LogP contribution is 2.19. The van der Waals surface area contributed by atoms with E-state index in [0.29, 0.717) is 12.0 Å². The van der Waals surface area contributed by atoms with Crippen molar-refractivity contribution in [3.05, 3.63) is 0 Å². The topological polar surface area (TPSA) is 61.4 Å². The van der Waals surface area contributed by atoms with Crippen LogP contribution in [0.3, 0.4) is 0 Å². The fourth-order valence-electron chi connectivity index (χ4n) is 2.11. The predicted molar refractivity (Wildman–Crippen MR) is 69.1 cm³/mol. The zero-order chi connectivity index (χ0) is 13.1. The van der Waals surface area contributed by atoms with E-state index in [9.17, 15) is 9.59 Å². The van der Waals surface area contributed by atoms with Gasteiger partial charge in [-0.15, -0.1) is 0 Å². The maximum atomic E-state index is 12.0. The minimum absolute atomic E-state index is 0.0729. The Morgan fingerprint density at radius 1 is 1.17 bits per heavy atom. The molecule has 102 valence electrons. The SMILES string of the molecule is CC1CCN(C(=O)NC(C)C(=O)NC2CC2)CC1. The standard InChI is InChI=1S/C13H23N3O2/c1-9-5-7-16(8-6-9)13(18)14-10(2)12(17)15-11-3-4-11/h9-11H,3-8H2,1-2H3,(H,14,18)(H,15,17). The molecule has 1 aliphatic heterocycles. The van der Waals surface area contributed by atoms with Gasteiger partial charge in [0.1, 0.15) is 6.04 Å². The van der Waals surface area contributed by atoms with Crippen LogP contribution < -0.4 is 10.6 Å². The third-order valence-corrected chi connectivity index (χ3v) is 3.73. The number of nitrogens with zero attached hydrogens (tertiary/aromatic N) is 1. The summed E-state index contributed by atoms with van der Waals surface area (Å²) in [6.45, 7) is 5.54. The smallest absolute Gasteiger partial charge is 0.318 e. The highest BCUT2D eigenvalue weighted by Gasteiger charge is 2.27. The van der Waals surface area contributed by atoms with Crippen LogP contribution in [0.5, 0.6) is 0 Å². The Morgan fingerprint density at radius 3 is 2.33 bits per heavy atom. The minimum Gasteiger partial charge on any atom is -0.352 e. The van der Waals surface area contributed by atoms with Crippen LogP contribution in [0.2, 0.25) is 0 Å². The van der Waals surface area contributed by atoms with Gasteiger partial charge in [0.25, 0.3) is 0 Å². The Hall–Kier alpha value is -1.26. The van der Waals surface area contributed by atoms with Crippen LogP contribution in [0, 0.1) is 5.92 Å².